The number of nitrogens with one attached hydrogen (secondary N) is 3. The van der Waals surface area contributed by atoms with Crippen LogP contribution in [0.1, 0.15) is 19.3 Å². The van der Waals surface area contributed by atoms with Crippen LogP contribution >= 0.6 is 12.4 Å². The van der Waals surface area contributed by atoms with Gasteiger partial charge in [0.15, 0.2) is 6.61 Å². The Balaban J connectivity index is 0.00000261. The van der Waals surface area contributed by atoms with Crippen LogP contribution in [0.15, 0.2) is 54.6 Å². The van der Waals surface area contributed by atoms with Crippen molar-refractivity contribution in [2.24, 2.45) is 0 Å². The SMILES string of the molecule is Cl.O=C(COc1cccc(NC(=O)C2CCCCN2)c1)Nc1ccccc1. The normalized spacial score (nSPS) is 15.9. The standard InChI is InChI=1S/C20H23N3O3.ClH/c24-19(22-15-7-2-1-3-8-15)14-26-17-10-6-9-16(13-17)23-20(25)18-11-4-5-12-21-18;/h1-3,6-10,13,18,21H,4-5,11-12,14H2,(H,22,24)(H,23,25);1H. The molecule has 1 unspecified atom stereocenters. The average molecular weight is 390 g/mol. The third-order valence-electron chi connectivity index (χ3n) is 4.16. The topological polar surface area (TPSA) is 79.5 Å². The van der Waals surface area contributed by atoms with Crippen molar-refractivity contribution < 1.29 is 14.3 Å². The molecule has 3 N–H and O–H groups in total. The third kappa shape index (κ3) is 6.58. The van der Waals surface area contributed by atoms with Crippen molar-refractivity contribution in [3.8, 4) is 5.75 Å². The van der Waals surface area contributed by atoms with Crippen molar-refractivity contribution in [2.75, 3.05) is 23.8 Å². The molecule has 1 saturated heterocycles. The Labute approximate surface area is 165 Å². The lowest BCUT2D eigenvalue weighted by Gasteiger charge is -2.22. The van der Waals surface area contributed by atoms with Crippen molar-refractivity contribution in [2.45, 2.75) is 25.3 Å². The Kier molecular flexibility index (Phi) is 8.10. The molecule has 1 heterocycles. The lowest BCUT2D eigenvalue weighted by Crippen LogP contribution is -2.43. The third-order valence-corrected chi connectivity index (χ3v) is 4.16. The fraction of sp³-hybridized carbons (Fsp3) is 0.300. The summed E-state index contributed by atoms with van der Waals surface area (Å²) in [5.74, 6) is 0.253. The lowest BCUT2D eigenvalue weighted by atomic mass is 10.0. The fourth-order valence-electron chi connectivity index (χ4n) is 2.84. The summed E-state index contributed by atoms with van der Waals surface area (Å²) in [4.78, 5) is 24.2. The number of para-hydroxylation sites is 1. The van der Waals surface area contributed by atoms with E-state index in [0.29, 0.717) is 11.4 Å². The molecule has 1 atom stereocenters. The van der Waals surface area contributed by atoms with Crippen LogP contribution in [0.2, 0.25) is 0 Å². The quantitative estimate of drug-likeness (QED) is 0.708. The molecule has 2 aromatic rings. The molecule has 2 aromatic carbocycles. The van der Waals surface area contributed by atoms with Gasteiger partial charge < -0.3 is 20.7 Å². The first-order valence-corrected chi connectivity index (χ1v) is 8.83. The molecule has 6 nitrogen and oxygen atoms in total. The Bertz CT molecular complexity index is 749. The van der Waals surface area contributed by atoms with E-state index in [1.807, 2.05) is 30.3 Å². The van der Waals surface area contributed by atoms with Crippen molar-refractivity contribution in [1.29, 1.82) is 0 Å². The van der Waals surface area contributed by atoms with Gasteiger partial charge in [-0.05, 0) is 43.7 Å². The summed E-state index contributed by atoms with van der Waals surface area (Å²) in [6.45, 7) is 0.772. The summed E-state index contributed by atoms with van der Waals surface area (Å²) in [6, 6.07) is 16.1. The van der Waals surface area contributed by atoms with Crippen molar-refractivity contribution >= 4 is 35.6 Å². The number of rotatable bonds is 6. The first kappa shape index (κ1) is 20.7. The number of carbonyl (C=O) groups is 2. The number of piperidine rings is 1. The Morgan fingerprint density at radius 2 is 1.78 bits per heavy atom. The first-order chi connectivity index (χ1) is 12.7. The molecule has 27 heavy (non-hydrogen) atoms. The predicted molar refractivity (Wildman–Crippen MR) is 109 cm³/mol. The highest BCUT2D eigenvalue weighted by Gasteiger charge is 2.20. The Hall–Kier alpha value is -2.57. The highest BCUT2D eigenvalue weighted by molar-refractivity contribution is 5.95. The maximum Gasteiger partial charge on any atom is 0.262 e. The molecule has 1 fully saturated rings. The molecule has 0 aromatic heterocycles. The van der Waals surface area contributed by atoms with Crippen LogP contribution in [0.5, 0.6) is 5.75 Å². The van der Waals surface area contributed by atoms with Gasteiger partial charge in [-0.3, -0.25) is 9.59 Å². The minimum absolute atomic E-state index is 0. The van der Waals surface area contributed by atoms with E-state index in [1.54, 1.807) is 24.3 Å². The summed E-state index contributed by atoms with van der Waals surface area (Å²) >= 11 is 0. The molecule has 0 radical (unpaired) electrons. The second-order valence-electron chi connectivity index (χ2n) is 6.22. The van der Waals surface area contributed by atoms with E-state index in [2.05, 4.69) is 16.0 Å². The van der Waals surface area contributed by atoms with Gasteiger partial charge in [-0.1, -0.05) is 30.7 Å². The smallest absolute Gasteiger partial charge is 0.262 e. The van der Waals surface area contributed by atoms with Crippen LogP contribution in [-0.4, -0.2) is 31.0 Å². The summed E-state index contributed by atoms with van der Waals surface area (Å²) in [7, 11) is 0. The molecular weight excluding hydrogens is 366 g/mol. The van der Waals surface area contributed by atoms with Gasteiger partial charge in [0.25, 0.3) is 5.91 Å². The molecule has 1 aliphatic heterocycles. The average Bonchev–Trinajstić information content (AvgIpc) is 2.68. The second kappa shape index (κ2) is 10.5. The molecule has 1 aliphatic rings. The van der Waals surface area contributed by atoms with Crippen LogP contribution in [0.25, 0.3) is 0 Å². The largest absolute Gasteiger partial charge is 0.484 e. The van der Waals surface area contributed by atoms with Gasteiger partial charge in [-0.25, -0.2) is 0 Å². The summed E-state index contributed by atoms with van der Waals surface area (Å²) in [6.07, 6.45) is 3.02. The van der Waals surface area contributed by atoms with Gasteiger partial charge in [-0.2, -0.15) is 0 Å². The second-order valence-corrected chi connectivity index (χ2v) is 6.22. The van der Waals surface area contributed by atoms with Crippen LogP contribution in [0.4, 0.5) is 11.4 Å². The number of halogens is 1. The highest BCUT2D eigenvalue weighted by atomic mass is 35.5. The van der Waals surface area contributed by atoms with E-state index in [0.717, 1.165) is 31.5 Å². The minimum atomic E-state index is -0.239. The molecule has 0 bridgehead atoms. The van der Waals surface area contributed by atoms with E-state index < -0.39 is 0 Å². The van der Waals surface area contributed by atoms with Gasteiger partial charge in [-0.15, -0.1) is 12.4 Å². The van der Waals surface area contributed by atoms with Crippen LogP contribution in [0.3, 0.4) is 0 Å². The molecule has 0 saturated carbocycles. The van der Waals surface area contributed by atoms with E-state index >= 15 is 0 Å². The first-order valence-electron chi connectivity index (χ1n) is 8.83. The number of carbonyl (C=O) groups excluding carboxylic acids is 2. The summed E-state index contributed by atoms with van der Waals surface area (Å²) < 4.78 is 5.53. The van der Waals surface area contributed by atoms with Crippen LogP contribution in [-0.2, 0) is 9.59 Å². The molecule has 144 valence electrons. The Morgan fingerprint density at radius 1 is 1.00 bits per heavy atom. The van der Waals surface area contributed by atoms with Crippen LogP contribution in [0, 0.1) is 0 Å². The Morgan fingerprint density at radius 3 is 2.52 bits per heavy atom. The lowest BCUT2D eigenvalue weighted by molar-refractivity contribution is -0.119. The van der Waals surface area contributed by atoms with Crippen molar-refractivity contribution in [1.82, 2.24) is 5.32 Å². The maximum atomic E-state index is 12.3. The van der Waals surface area contributed by atoms with Gasteiger partial charge in [0.2, 0.25) is 5.91 Å². The maximum absolute atomic E-state index is 12.3. The van der Waals surface area contributed by atoms with E-state index in [1.165, 1.54) is 0 Å². The zero-order chi connectivity index (χ0) is 18.2. The number of benzene rings is 2. The number of anilines is 2. The van der Waals surface area contributed by atoms with Gasteiger partial charge in [0.05, 0.1) is 6.04 Å². The zero-order valence-corrected chi connectivity index (χ0v) is 15.8. The van der Waals surface area contributed by atoms with Gasteiger partial charge >= 0.3 is 0 Å². The minimum Gasteiger partial charge on any atom is -0.484 e. The van der Waals surface area contributed by atoms with Crippen molar-refractivity contribution in [3.05, 3.63) is 54.6 Å². The monoisotopic (exact) mass is 389 g/mol. The molecular formula is C20H24ClN3O3. The molecule has 7 heteroatoms. The van der Waals surface area contributed by atoms with Crippen LogP contribution < -0.4 is 20.7 Å². The molecule has 0 spiro atoms. The molecule has 3 rings (SSSR count). The van der Waals surface area contributed by atoms with E-state index in [4.69, 9.17) is 4.74 Å². The fourth-order valence-corrected chi connectivity index (χ4v) is 2.84. The zero-order valence-electron chi connectivity index (χ0n) is 14.9. The van der Waals surface area contributed by atoms with Gasteiger partial charge in [0.1, 0.15) is 5.75 Å². The summed E-state index contributed by atoms with van der Waals surface area (Å²) in [5, 5.41) is 8.88. The predicted octanol–water partition coefficient (Wildman–Crippen LogP) is 3.21. The molecule has 2 amide bonds. The van der Waals surface area contributed by atoms with Crippen molar-refractivity contribution in [3.63, 3.8) is 0 Å². The number of hydrogen-bond donors (Lipinski definition) is 3. The van der Waals surface area contributed by atoms with Gasteiger partial charge in [0, 0.05) is 17.4 Å². The number of amides is 2. The number of hydrogen-bond acceptors (Lipinski definition) is 4. The highest BCUT2D eigenvalue weighted by Crippen LogP contribution is 2.18. The molecule has 0 aliphatic carbocycles. The number of ether oxygens (including phenoxy) is 1. The van der Waals surface area contributed by atoms with E-state index in [9.17, 15) is 9.59 Å². The summed E-state index contributed by atoms with van der Waals surface area (Å²) in [5.41, 5.74) is 1.38. The van der Waals surface area contributed by atoms with E-state index in [-0.39, 0.29) is 36.9 Å².